The zero-order valence-electron chi connectivity index (χ0n) is 22.2. The molecule has 0 aliphatic rings. The van der Waals surface area contributed by atoms with Gasteiger partial charge >= 0.3 is 10.1 Å². The molecule has 3 aromatic rings. The fourth-order valence-corrected chi connectivity index (χ4v) is 5.89. The van der Waals surface area contributed by atoms with Gasteiger partial charge in [-0.1, -0.05) is 65.3 Å². The molecule has 0 aliphatic heterocycles. The van der Waals surface area contributed by atoms with E-state index in [-0.39, 0.29) is 50.8 Å². The van der Waals surface area contributed by atoms with Gasteiger partial charge in [-0.2, -0.15) is 13.4 Å². The third kappa shape index (κ3) is 5.67. The summed E-state index contributed by atoms with van der Waals surface area (Å²) in [6.45, 7) is 13.3. The summed E-state index contributed by atoms with van der Waals surface area (Å²) < 4.78 is 53.2. The average molecular weight is 551 g/mol. The van der Waals surface area contributed by atoms with Crippen molar-refractivity contribution in [1.82, 2.24) is 9.55 Å². The Balaban J connectivity index is 2.14. The summed E-state index contributed by atoms with van der Waals surface area (Å²) in [5.41, 5.74) is 1.66. The number of nitrogens with zero attached hydrogens (tertiary/aromatic N) is 2. The number of methoxy groups -OCH3 is 1. The molecule has 0 unspecified atom stereocenters. The van der Waals surface area contributed by atoms with Crippen molar-refractivity contribution in [3.05, 3.63) is 74.0 Å². The van der Waals surface area contributed by atoms with Gasteiger partial charge in [-0.3, -0.25) is 9.36 Å². The Morgan fingerprint density at radius 3 is 2.00 bits per heavy atom. The molecule has 200 valence electrons. The maximum absolute atomic E-state index is 14.5. The van der Waals surface area contributed by atoms with Crippen molar-refractivity contribution >= 4 is 21.7 Å². The number of aryl methyl sites for hydroxylation is 1. The van der Waals surface area contributed by atoms with Crippen LogP contribution >= 0.6 is 11.6 Å². The summed E-state index contributed by atoms with van der Waals surface area (Å²) in [4.78, 5) is 17.3. The van der Waals surface area contributed by atoms with E-state index in [1.807, 2.05) is 39.8 Å². The zero-order chi connectivity index (χ0) is 27.8. The number of rotatable bonds is 8. The first-order valence-corrected chi connectivity index (χ1v) is 13.7. The molecule has 0 saturated carbocycles. The van der Waals surface area contributed by atoms with E-state index >= 15 is 0 Å². The van der Waals surface area contributed by atoms with Gasteiger partial charge in [-0.25, -0.2) is 4.39 Å². The van der Waals surface area contributed by atoms with Crippen molar-refractivity contribution in [2.75, 3.05) is 7.11 Å². The minimum atomic E-state index is -4.36. The second-order valence-corrected chi connectivity index (χ2v) is 11.6. The molecule has 3 rings (SSSR count). The van der Waals surface area contributed by atoms with Crippen LogP contribution in [-0.2, 0) is 10.1 Å². The highest BCUT2D eigenvalue weighted by Gasteiger charge is 2.29. The lowest BCUT2D eigenvalue weighted by molar-refractivity contribution is 0.386. The van der Waals surface area contributed by atoms with Crippen LogP contribution in [-0.4, -0.2) is 25.1 Å². The molecule has 0 bridgehead atoms. The Hall–Kier alpha value is -2.91. The van der Waals surface area contributed by atoms with E-state index in [0.717, 1.165) is 16.2 Å². The maximum atomic E-state index is 14.5. The highest BCUT2D eigenvalue weighted by Crippen LogP contribution is 2.36. The summed E-state index contributed by atoms with van der Waals surface area (Å²) >= 11 is 6.14. The van der Waals surface area contributed by atoms with Crippen LogP contribution in [0.1, 0.15) is 81.8 Å². The lowest BCUT2D eigenvalue weighted by Crippen LogP contribution is -2.24. The van der Waals surface area contributed by atoms with Gasteiger partial charge in [0, 0.05) is 0 Å². The Kier molecular flexibility index (Phi) is 8.39. The van der Waals surface area contributed by atoms with Crippen molar-refractivity contribution in [3.8, 4) is 17.3 Å². The summed E-state index contributed by atoms with van der Waals surface area (Å²) in [5, 5.41) is -0.332. The number of ether oxygens (including phenoxy) is 1. The second-order valence-electron chi connectivity index (χ2n) is 9.76. The van der Waals surface area contributed by atoms with Crippen LogP contribution in [0.15, 0.2) is 40.0 Å². The quantitative estimate of drug-likeness (QED) is 0.298. The maximum Gasteiger partial charge on any atom is 0.341 e. The Morgan fingerprint density at radius 1 is 0.973 bits per heavy atom. The minimum Gasteiger partial charge on any atom is -0.494 e. The first kappa shape index (κ1) is 28.7. The first-order valence-electron chi connectivity index (χ1n) is 11.9. The highest BCUT2D eigenvalue weighted by atomic mass is 35.5. The number of benzene rings is 2. The van der Waals surface area contributed by atoms with Gasteiger partial charge in [-0.15, -0.1) is 0 Å². The molecule has 7 nitrogen and oxygen atoms in total. The molecule has 0 N–H and O–H groups in total. The van der Waals surface area contributed by atoms with E-state index in [1.54, 1.807) is 0 Å². The van der Waals surface area contributed by atoms with Gasteiger partial charge in [0.2, 0.25) is 5.88 Å². The second kappa shape index (κ2) is 10.8. The number of halogens is 2. The lowest BCUT2D eigenvalue weighted by Gasteiger charge is -2.22. The van der Waals surface area contributed by atoms with Gasteiger partial charge in [0.25, 0.3) is 5.56 Å². The Morgan fingerprint density at radius 2 is 1.54 bits per heavy atom. The normalized spacial score (nSPS) is 12.0. The Labute approximate surface area is 222 Å². The third-order valence-corrected chi connectivity index (χ3v) is 7.80. The summed E-state index contributed by atoms with van der Waals surface area (Å²) in [6.07, 6.45) is 0. The smallest absolute Gasteiger partial charge is 0.341 e. The Bertz CT molecular complexity index is 1470. The first-order chi connectivity index (χ1) is 17.2. The number of hydrogen-bond acceptors (Lipinski definition) is 6. The summed E-state index contributed by atoms with van der Waals surface area (Å²) in [7, 11) is -3.06. The van der Waals surface area contributed by atoms with E-state index in [1.165, 1.54) is 26.2 Å². The van der Waals surface area contributed by atoms with Crippen molar-refractivity contribution in [2.45, 2.75) is 71.1 Å². The van der Waals surface area contributed by atoms with Gasteiger partial charge < -0.3 is 8.92 Å². The van der Waals surface area contributed by atoms with E-state index in [4.69, 9.17) is 20.5 Å². The van der Waals surface area contributed by atoms with E-state index in [9.17, 15) is 17.6 Å². The van der Waals surface area contributed by atoms with E-state index < -0.39 is 21.5 Å². The van der Waals surface area contributed by atoms with Crippen LogP contribution in [0, 0.1) is 12.7 Å². The van der Waals surface area contributed by atoms with Crippen LogP contribution in [0.25, 0.3) is 5.69 Å². The minimum absolute atomic E-state index is 0.0397. The SMILES string of the molecule is COc1ccc(-n2c(C)nc(OS(=O)(=O)c3c(C(C)C)cc(C(C)C)cc3C(C)C)cc2=O)c(Cl)c1F. The van der Waals surface area contributed by atoms with E-state index in [0.29, 0.717) is 11.1 Å². The topological polar surface area (TPSA) is 87.5 Å². The molecule has 0 spiro atoms. The van der Waals surface area contributed by atoms with Gasteiger partial charge in [-0.05, 0) is 53.5 Å². The fourth-order valence-electron chi connectivity index (χ4n) is 4.09. The molecule has 1 heterocycles. The van der Waals surface area contributed by atoms with Gasteiger partial charge in [0.1, 0.15) is 15.7 Å². The monoisotopic (exact) mass is 550 g/mol. The molecule has 0 aliphatic carbocycles. The standard InChI is InChI=1S/C27H32ClFN2O5S/c1-14(2)18-11-19(15(3)4)27(20(12-18)16(5)6)37(33,34)36-23-13-24(32)31(17(7)30-23)21-9-10-22(35-8)26(29)25(21)28/h9-16H,1-8H3. The van der Waals surface area contributed by atoms with Gasteiger partial charge in [0.15, 0.2) is 11.6 Å². The molecule has 0 radical (unpaired) electrons. The van der Waals surface area contributed by atoms with Crippen LogP contribution in [0.3, 0.4) is 0 Å². The molecule has 37 heavy (non-hydrogen) atoms. The van der Waals surface area contributed by atoms with Crippen LogP contribution in [0.2, 0.25) is 5.02 Å². The van der Waals surface area contributed by atoms with Crippen molar-refractivity contribution in [1.29, 1.82) is 0 Å². The summed E-state index contributed by atoms with van der Waals surface area (Å²) in [6, 6.07) is 7.48. The van der Waals surface area contributed by atoms with Crippen LogP contribution in [0.4, 0.5) is 4.39 Å². The molecule has 0 saturated heterocycles. The predicted molar refractivity (Wildman–Crippen MR) is 143 cm³/mol. The molecule has 10 heteroatoms. The molecule has 0 amide bonds. The largest absolute Gasteiger partial charge is 0.494 e. The van der Waals surface area contributed by atoms with Crippen molar-refractivity contribution < 1.29 is 21.7 Å². The van der Waals surface area contributed by atoms with Crippen LogP contribution < -0.4 is 14.5 Å². The predicted octanol–water partition coefficient (Wildman–Crippen LogP) is 6.48. The van der Waals surface area contributed by atoms with Crippen molar-refractivity contribution in [3.63, 3.8) is 0 Å². The van der Waals surface area contributed by atoms with E-state index in [2.05, 4.69) is 18.8 Å². The molecular weight excluding hydrogens is 519 g/mol. The molecule has 0 fully saturated rings. The van der Waals surface area contributed by atoms with Gasteiger partial charge in [0.05, 0.1) is 18.9 Å². The molecule has 1 aromatic heterocycles. The number of hydrogen-bond donors (Lipinski definition) is 0. The molecular formula is C27H32ClFN2O5S. The third-order valence-electron chi connectivity index (χ3n) is 6.07. The summed E-state index contributed by atoms with van der Waals surface area (Å²) in [5.74, 6) is -1.22. The average Bonchev–Trinajstić information content (AvgIpc) is 2.80. The van der Waals surface area contributed by atoms with Crippen LogP contribution in [0.5, 0.6) is 11.6 Å². The molecule has 0 atom stereocenters. The fraction of sp³-hybridized carbons (Fsp3) is 0.407. The highest BCUT2D eigenvalue weighted by molar-refractivity contribution is 7.87. The zero-order valence-corrected chi connectivity index (χ0v) is 23.8. The van der Waals surface area contributed by atoms with Crippen molar-refractivity contribution in [2.24, 2.45) is 0 Å². The number of aromatic nitrogens is 2. The molecule has 2 aromatic carbocycles. The lowest BCUT2D eigenvalue weighted by atomic mass is 9.89.